The van der Waals surface area contributed by atoms with Gasteiger partial charge in [-0.3, -0.25) is 0 Å². The second kappa shape index (κ2) is 18.3. The van der Waals surface area contributed by atoms with Crippen molar-refractivity contribution in [2.75, 3.05) is 26.4 Å². The van der Waals surface area contributed by atoms with E-state index in [1.54, 1.807) is 0 Å². The van der Waals surface area contributed by atoms with Gasteiger partial charge in [0.2, 0.25) is 0 Å². The lowest BCUT2D eigenvalue weighted by Gasteiger charge is -2.09. The first-order valence-electron chi connectivity index (χ1n) is 13.9. The van der Waals surface area contributed by atoms with Gasteiger partial charge in [0.15, 0.2) is 0 Å². The van der Waals surface area contributed by atoms with Crippen molar-refractivity contribution in [2.24, 2.45) is 20.5 Å². The summed E-state index contributed by atoms with van der Waals surface area (Å²) in [7, 11) is 0. The maximum Gasteiger partial charge on any atom is 0.330 e. The summed E-state index contributed by atoms with van der Waals surface area (Å²) in [5.74, 6) is 0.682. The zero-order chi connectivity index (χ0) is 30.7. The van der Waals surface area contributed by atoms with E-state index in [0.29, 0.717) is 49.2 Å². The minimum atomic E-state index is -0.414. The van der Waals surface area contributed by atoms with Gasteiger partial charge in [-0.2, -0.15) is 20.5 Å². The average Bonchev–Trinajstić information content (AvgIpc) is 3.03. The van der Waals surface area contributed by atoms with E-state index in [0.717, 1.165) is 54.9 Å². The molecule has 0 saturated carbocycles. The van der Waals surface area contributed by atoms with Gasteiger partial charge in [0, 0.05) is 12.2 Å². The van der Waals surface area contributed by atoms with Crippen molar-refractivity contribution in [1.82, 2.24) is 0 Å². The molecule has 0 N–H and O–H groups in total. The molecule has 3 aromatic carbocycles. The van der Waals surface area contributed by atoms with Crippen LogP contribution in [0.3, 0.4) is 0 Å². The third kappa shape index (κ3) is 12.5. The molecule has 0 saturated heterocycles. The van der Waals surface area contributed by atoms with Crippen LogP contribution in [-0.4, -0.2) is 38.4 Å². The van der Waals surface area contributed by atoms with E-state index >= 15 is 0 Å². The fraction of sp³-hybridized carbons (Fsp3) is 0.273. The summed E-state index contributed by atoms with van der Waals surface area (Å²) < 4.78 is 21.4. The lowest BCUT2D eigenvalue weighted by atomic mass is 10.2. The molecule has 0 radical (unpaired) electrons. The molecule has 0 amide bonds. The lowest BCUT2D eigenvalue weighted by Crippen LogP contribution is -2.04. The molecule has 0 aliphatic rings. The van der Waals surface area contributed by atoms with Crippen LogP contribution < -0.4 is 9.47 Å². The van der Waals surface area contributed by atoms with Gasteiger partial charge in [-0.15, -0.1) is 0 Å². The van der Waals surface area contributed by atoms with Crippen LogP contribution in [0.4, 0.5) is 22.7 Å². The first-order chi connectivity index (χ1) is 21.0. The van der Waals surface area contributed by atoms with Gasteiger partial charge in [0.25, 0.3) is 0 Å². The Kier molecular flexibility index (Phi) is 13.8. The average molecular weight is 585 g/mol. The Labute approximate surface area is 251 Å². The van der Waals surface area contributed by atoms with Crippen LogP contribution in [0, 0.1) is 6.92 Å². The predicted octanol–water partition coefficient (Wildman–Crippen LogP) is 8.60. The largest absolute Gasteiger partial charge is 0.494 e. The Morgan fingerprint density at radius 3 is 1.51 bits per heavy atom. The Balaban J connectivity index is 1.40. The minimum Gasteiger partial charge on any atom is -0.494 e. The van der Waals surface area contributed by atoms with Crippen LogP contribution in [-0.2, 0) is 19.1 Å². The number of hydrogen-bond donors (Lipinski definition) is 0. The quantitative estimate of drug-likeness (QED) is 0.0639. The van der Waals surface area contributed by atoms with Gasteiger partial charge in [-0.05, 0) is 105 Å². The Morgan fingerprint density at radius 1 is 0.605 bits per heavy atom. The van der Waals surface area contributed by atoms with E-state index in [4.69, 9.17) is 18.9 Å². The van der Waals surface area contributed by atoms with Gasteiger partial charge < -0.3 is 18.9 Å². The molecule has 224 valence electrons. The first kappa shape index (κ1) is 32.4. The summed E-state index contributed by atoms with van der Waals surface area (Å²) in [6.45, 7) is 10.4. The summed E-state index contributed by atoms with van der Waals surface area (Å²) in [6, 6.07) is 20.2. The number of azo groups is 2. The second-order valence-electron chi connectivity index (χ2n) is 9.21. The van der Waals surface area contributed by atoms with Gasteiger partial charge >= 0.3 is 11.9 Å². The van der Waals surface area contributed by atoms with Gasteiger partial charge in [0.05, 0.1) is 49.2 Å². The molecule has 0 fully saturated rings. The number of carbonyl (C=O) groups is 2. The number of benzene rings is 3. The van der Waals surface area contributed by atoms with Crippen molar-refractivity contribution in [3.8, 4) is 11.5 Å². The number of rotatable bonds is 18. The summed E-state index contributed by atoms with van der Waals surface area (Å²) in [4.78, 5) is 22.0. The van der Waals surface area contributed by atoms with Crippen molar-refractivity contribution in [2.45, 2.75) is 32.6 Å². The molecule has 0 bridgehead atoms. The molecular formula is C33H36N4O6. The Hall–Kier alpha value is -5.12. The SMILES string of the molecule is C=CC(=O)OCCCCOc1ccc(N=Nc2ccc(N=Nc3ccc(OCCCCOC(=O)C=C)c(C)c3)cc2)cc1. The number of carbonyl (C=O) groups excluding carboxylic acids is 2. The normalized spacial score (nSPS) is 10.9. The molecule has 3 rings (SSSR count). The van der Waals surface area contributed by atoms with Crippen molar-refractivity contribution in [3.63, 3.8) is 0 Å². The van der Waals surface area contributed by atoms with Crippen molar-refractivity contribution >= 4 is 34.7 Å². The second-order valence-corrected chi connectivity index (χ2v) is 9.21. The molecule has 0 unspecified atom stereocenters. The smallest absolute Gasteiger partial charge is 0.330 e. The van der Waals surface area contributed by atoms with Crippen LogP contribution in [0.2, 0.25) is 0 Å². The van der Waals surface area contributed by atoms with Gasteiger partial charge in [-0.25, -0.2) is 9.59 Å². The van der Waals surface area contributed by atoms with Crippen LogP contribution in [0.5, 0.6) is 11.5 Å². The molecule has 3 aromatic rings. The predicted molar refractivity (Wildman–Crippen MR) is 164 cm³/mol. The van der Waals surface area contributed by atoms with E-state index in [1.807, 2.05) is 73.7 Å². The molecule has 10 heteroatoms. The molecule has 0 spiro atoms. The minimum absolute atomic E-state index is 0.349. The van der Waals surface area contributed by atoms with Gasteiger partial charge in [-0.1, -0.05) is 13.2 Å². The Morgan fingerprint density at radius 2 is 1.02 bits per heavy atom. The summed E-state index contributed by atoms with van der Waals surface area (Å²) in [5.41, 5.74) is 3.74. The number of ether oxygens (including phenoxy) is 4. The van der Waals surface area contributed by atoms with Crippen LogP contribution in [0.15, 0.2) is 112 Å². The number of esters is 2. The zero-order valence-corrected chi connectivity index (χ0v) is 24.3. The van der Waals surface area contributed by atoms with Crippen LogP contribution in [0.25, 0.3) is 0 Å². The molecule has 0 aliphatic carbocycles. The molecule has 0 heterocycles. The highest BCUT2D eigenvalue weighted by Gasteiger charge is 2.03. The van der Waals surface area contributed by atoms with Crippen molar-refractivity contribution in [3.05, 3.63) is 97.6 Å². The third-order valence-corrected chi connectivity index (χ3v) is 5.83. The lowest BCUT2D eigenvalue weighted by molar-refractivity contribution is -0.138. The van der Waals surface area contributed by atoms with Crippen LogP contribution >= 0.6 is 0 Å². The van der Waals surface area contributed by atoms with E-state index in [-0.39, 0.29) is 0 Å². The highest BCUT2D eigenvalue weighted by Crippen LogP contribution is 2.27. The first-order valence-corrected chi connectivity index (χ1v) is 13.9. The molecule has 0 aliphatic heterocycles. The number of aryl methyl sites for hydroxylation is 1. The molecule has 0 atom stereocenters. The molecule has 0 aromatic heterocycles. The number of nitrogens with zero attached hydrogens (tertiary/aromatic N) is 4. The highest BCUT2D eigenvalue weighted by atomic mass is 16.5. The number of hydrogen-bond acceptors (Lipinski definition) is 10. The summed E-state index contributed by atoms with van der Waals surface area (Å²) >= 11 is 0. The van der Waals surface area contributed by atoms with E-state index < -0.39 is 11.9 Å². The topological polar surface area (TPSA) is 120 Å². The zero-order valence-electron chi connectivity index (χ0n) is 24.3. The van der Waals surface area contributed by atoms with Crippen LogP contribution in [0.1, 0.15) is 31.2 Å². The van der Waals surface area contributed by atoms with E-state index in [2.05, 4.69) is 33.6 Å². The van der Waals surface area contributed by atoms with Gasteiger partial charge in [0.1, 0.15) is 11.5 Å². The van der Waals surface area contributed by atoms with Crippen molar-refractivity contribution < 1.29 is 28.5 Å². The monoisotopic (exact) mass is 584 g/mol. The third-order valence-electron chi connectivity index (χ3n) is 5.83. The maximum atomic E-state index is 11.0. The fourth-order valence-electron chi connectivity index (χ4n) is 3.53. The summed E-state index contributed by atoms with van der Waals surface area (Å²) in [6.07, 6.45) is 5.27. The fourth-order valence-corrected chi connectivity index (χ4v) is 3.53. The van der Waals surface area contributed by atoms with E-state index in [1.165, 1.54) is 0 Å². The molecule has 10 nitrogen and oxygen atoms in total. The summed E-state index contributed by atoms with van der Waals surface area (Å²) in [5, 5.41) is 17.2. The Bertz CT molecular complexity index is 1400. The van der Waals surface area contributed by atoms with Crippen molar-refractivity contribution in [1.29, 1.82) is 0 Å². The van der Waals surface area contributed by atoms with E-state index in [9.17, 15) is 9.59 Å². The molecule has 43 heavy (non-hydrogen) atoms. The standard InChI is InChI=1S/C33H36N4O6/c1-4-32(38)42-22-8-6-20-40-30-17-14-28(15-18-30)35-34-26-10-12-27(13-11-26)36-37-29-16-19-31(25(3)24-29)41-21-7-9-23-43-33(39)5-2/h4-5,10-19,24H,1-2,6-9,20-23H2,3H3. The maximum absolute atomic E-state index is 11.0. The highest BCUT2D eigenvalue weighted by molar-refractivity contribution is 5.81. The number of unbranched alkanes of at least 4 members (excludes halogenated alkanes) is 2. The molecular weight excluding hydrogens is 548 g/mol.